The molecule has 3 rings (SSSR count). The van der Waals surface area contributed by atoms with Crippen molar-refractivity contribution in [1.82, 2.24) is 20.2 Å². The predicted octanol–water partition coefficient (Wildman–Crippen LogP) is 2.39. The second-order valence-corrected chi connectivity index (χ2v) is 8.81. The Kier molecular flexibility index (Phi) is 6.78. The molecule has 5 N–H and O–H groups in total. The van der Waals surface area contributed by atoms with Gasteiger partial charge in [0.1, 0.15) is 0 Å². The maximum atomic E-state index is 12.8. The van der Waals surface area contributed by atoms with Crippen LogP contribution in [-0.2, 0) is 10.0 Å². The number of carbonyl (C=O) groups is 2. The van der Waals surface area contributed by atoms with Crippen LogP contribution in [0.2, 0.25) is 0 Å². The molecule has 0 spiro atoms. The van der Waals surface area contributed by atoms with Gasteiger partial charge in [-0.1, -0.05) is 0 Å². The van der Waals surface area contributed by atoms with Crippen LogP contribution in [0.25, 0.3) is 10.9 Å². The molecule has 0 saturated heterocycles. The minimum Gasteiger partial charge on any atom is -0.337 e. The average Bonchev–Trinajstić information content (AvgIpc) is 3.17. The van der Waals surface area contributed by atoms with Crippen molar-refractivity contribution >= 4 is 55.8 Å². The first-order valence-electron chi connectivity index (χ1n) is 9.19. The highest BCUT2D eigenvalue weighted by molar-refractivity contribution is 7.89. The first-order chi connectivity index (χ1) is 14.7. The summed E-state index contributed by atoms with van der Waals surface area (Å²) in [6, 6.07) is 8.96. The second-order valence-electron chi connectivity index (χ2n) is 6.54. The number of nitrogens with zero attached hydrogens (tertiary/aromatic N) is 1. The number of hydrogen-bond acceptors (Lipinski definition) is 5. The molecular weight excluding hydrogens is 444 g/mol. The summed E-state index contributed by atoms with van der Waals surface area (Å²) in [6.07, 6.45) is 0. The number of aryl methyl sites for hydroxylation is 1. The van der Waals surface area contributed by atoms with Gasteiger partial charge in [-0.2, -0.15) is 5.10 Å². The van der Waals surface area contributed by atoms with Crippen LogP contribution < -0.4 is 20.7 Å². The zero-order valence-electron chi connectivity index (χ0n) is 16.7. The van der Waals surface area contributed by atoms with Gasteiger partial charge >= 0.3 is 6.03 Å². The van der Waals surface area contributed by atoms with Crippen LogP contribution in [0.4, 0.5) is 16.2 Å². The molecule has 10 nitrogen and oxygen atoms in total. The van der Waals surface area contributed by atoms with Crippen LogP contribution in [0.15, 0.2) is 41.3 Å². The van der Waals surface area contributed by atoms with Crippen LogP contribution in [0.3, 0.4) is 0 Å². The Hall–Kier alpha value is -3.15. The standard InChI is InChI=1S/C19H21ClN6O4S/c1-11-9-13(31(29,30)21-2)4-6-15(11)24-18(27)17-14-10-12(3-5-16(14)25-26-17)23-19(28)22-8-7-20/h3-6,9-10,21H,7-8H2,1-2H3,(H,24,27)(H,25,26)(H2,22,23,28). The minimum absolute atomic E-state index is 0.0962. The molecule has 0 atom stereocenters. The minimum atomic E-state index is -3.59. The van der Waals surface area contributed by atoms with E-state index in [1.54, 1.807) is 25.1 Å². The number of fused-ring (bicyclic) bond motifs is 1. The summed E-state index contributed by atoms with van der Waals surface area (Å²) in [4.78, 5) is 24.7. The van der Waals surface area contributed by atoms with Gasteiger partial charge < -0.3 is 16.0 Å². The van der Waals surface area contributed by atoms with Crippen LogP contribution in [0.5, 0.6) is 0 Å². The van der Waals surface area contributed by atoms with E-state index in [9.17, 15) is 18.0 Å². The van der Waals surface area contributed by atoms with Gasteiger partial charge in [0.15, 0.2) is 5.69 Å². The Labute approximate surface area is 183 Å². The molecule has 1 aromatic heterocycles. The summed E-state index contributed by atoms with van der Waals surface area (Å²) in [5.74, 6) is -0.193. The molecule has 0 aliphatic carbocycles. The van der Waals surface area contributed by atoms with Gasteiger partial charge in [-0.15, -0.1) is 11.6 Å². The van der Waals surface area contributed by atoms with E-state index < -0.39 is 22.0 Å². The highest BCUT2D eigenvalue weighted by Crippen LogP contribution is 2.24. The van der Waals surface area contributed by atoms with Crippen molar-refractivity contribution in [3.63, 3.8) is 0 Å². The third kappa shape index (κ3) is 5.13. The van der Waals surface area contributed by atoms with E-state index >= 15 is 0 Å². The van der Waals surface area contributed by atoms with E-state index in [0.29, 0.717) is 40.3 Å². The normalized spacial score (nSPS) is 11.3. The van der Waals surface area contributed by atoms with Crippen molar-refractivity contribution in [3.05, 3.63) is 47.7 Å². The number of aromatic amines is 1. The lowest BCUT2D eigenvalue weighted by Crippen LogP contribution is -2.30. The molecule has 0 unspecified atom stereocenters. The van der Waals surface area contributed by atoms with E-state index in [1.165, 1.54) is 25.2 Å². The van der Waals surface area contributed by atoms with Gasteiger partial charge in [-0.3, -0.25) is 9.89 Å². The lowest BCUT2D eigenvalue weighted by Gasteiger charge is -2.10. The quantitative estimate of drug-likeness (QED) is 0.341. The van der Waals surface area contributed by atoms with Crippen molar-refractivity contribution in [2.75, 3.05) is 30.1 Å². The molecule has 1 heterocycles. The number of urea groups is 1. The summed E-state index contributed by atoms with van der Waals surface area (Å²) in [5, 5.41) is 15.4. The van der Waals surface area contributed by atoms with Gasteiger partial charge in [-0.25, -0.2) is 17.9 Å². The summed E-state index contributed by atoms with van der Waals surface area (Å²) in [5.41, 5.74) is 2.25. The zero-order valence-corrected chi connectivity index (χ0v) is 18.3. The number of amides is 3. The molecule has 0 radical (unpaired) electrons. The lowest BCUT2D eigenvalue weighted by molar-refractivity contribution is 0.102. The van der Waals surface area contributed by atoms with Crippen LogP contribution in [0, 0.1) is 6.92 Å². The SMILES string of the molecule is CNS(=O)(=O)c1ccc(NC(=O)c2n[nH]c3ccc(NC(=O)NCCCl)cc23)c(C)c1. The van der Waals surface area contributed by atoms with Crippen molar-refractivity contribution in [2.45, 2.75) is 11.8 Å². The fourth-order valence-electron chi connectivity index (χ4n) is 2.84. The monoisotopic (exact) mass is 464 g/mol. The maximum absolute atomic E-state index is 12.8. The molecule has 164 valence electrons. The number of sulfonamides is 1. The summed E-state index contributed by atoms with van der Waals surface area (Å²) in [6.45, 7) is 2.01. The molecule has 0 saturated carbocycles. The number of nitrogens with one attached hydrogen (secondary N) is 5. The fraction of sp³-hybridized carbons (Fsp3) is 0.211. The Morgan fingerprint density at radius 3 is 2.58 bits per heavy atom. The van der Waals surface area contributed by atoms with Crippen molar-refractivity contribution < 1.29 is 18.0 Å². The zero-order chi connectivity index (χ0) is 22.6. The highest BCUT2D eigenvalue weighted by Gasteiger charge is 2.18. The number of hydrogen-bond donors (Lipinski definition) is 5. The highest BCUT2D eigenvalue weighted by atomic mass is 35.5. The Balaban J connectivity index is 1.82. The largest absolute Gasteiger partial charge is 0.337 e. The average molecular weight is 465 g/mol. The molecular formula is C19H21ClN6O4S. The Morgan fingerprint density at radius 2 is 1.90 bits per heavy atom. The molecule has 3 aromatic rings. The summed E-state index contributed by atoms with van der Waals surface area (Å²) < 4.78 is 26.1. The van der Waals surface area contributed by atoms with Crippen molar-refractivity contribution in [1.29, 1.82) is 0 Å². The van der Waals surface area contributed by atoms with Crippen LogP contribution in [0.1, 0.15) is 16.1 Å². The maximum Gasteiger partial charge on any atom is 0.319 e. The summed E-state index contributed by atoms with van der Waals surface area (Å²) in [7, 11) is -2.26. The van der Waals surface area contributed by atoms with Gasteiger partial charge in [-0.05, 0) is 55.9 Å². The number of alkyl halides is 1. The van der Waals surface area contributed by atoms with Crippen LogP contribution >= 0.6 is 11.6 Å². The summed E-state index contributed by atoms with van der Waals surface area (Å²) >= 11 is 5.55. The smallest absolute Gasteiger partial charge is 0.319 e. The van der Waals surface area contributed by atoms with Crippen molar-refractivity contribution in [3.8, 4) is 0 Å². The third-order valence-electron chi connectivity index (χ3n) is 4.44. The van der Waals surface area contributed by atoms with Gasteiger partial charge in [0, 0.05) is 29.2 Å². The van der Waals surface area contributed by atoms with Gasteiger partial charge in [0.2, 0.25) is 10.0 Å². The number of carbonyl (C=O) groups excluding carboxylic acids is 2. The van der Waals surface area contributed by atoms with E-state index in [1.807, 2.05) is 0 Å². The van der Waals surface area contributed by atoms with Crippen LogP contribution in [-0.4, -0.2) is 50.0 Å². The first-order valence-corrected chi connectivity index (χ1v) is 11.2. The van der Waals surface area contributed by atoms with E-state index in [4.69, 9.17) is 11.6 Å². The van der Waals surface area contributed by atoms with E-state index in [2.05, 4.69) is 30.9 Å². The fourth-order valence-corrected chi connectivity index (χ4v) is 3.75. The van der Waals surface area contributed by atoms with Gasteiger partial charge in [0.25, 0.3) is 5.91 Å². The number of H-pyrrole nitrogens is 1. The molecule has 0 aliphatic heterocycles. The molecule has 2 aromatic carbocycles. The number of aromatic nitrogens is 2. The predicted molar refractivity (Wildman–Crippen MR) is 119 cm³/mol. The third-order valence-corrected chi connectivity index (χ3v) is 6.04. The molecule has 31 heavy (non-hydrogen) atoms. The topological polar surface area (TPSA) is 145 Å². The lowest BCUT2D eigenvalue weighted by atomic mass is 10.1. The molecule has 0 bridgehead atoms. The number of rotatable bonds is 7. The molecule has 0 fully saturated rings. The molecule has 3 amide bonds. The van der Waals surface area contributed by atoms with Gasteiger partial charge in [0.05, 0.1) is 10.4 Å². The first kappa shape index (κ1) is 22.5. The molecule has 12 heteroatoms. The van der Waals surface area contributed by atoms with Crippen molar-refractivity contribution in [2.24, 2.45) is 0 Å². The van der Waals surface area contributed by atoms with E-state index in [0.717, 1.165) is 0 Å². The Bertz CT molecular complexity index is 1240. The Morgan fingerprint density at radius 1 is 1.13 bits per heavy atom. The number of anilines is 2. The molecule has 0 aliphatic rings. The number of halogens is 1. The number of benzene rings is 2. The second kappa shape index (κ2) is 9.33. The van der Waals surface area contributed by atoms with E-state index in [-0.39, 0.29) is 10.6 Å².